The molecule has 0 radical (unpaired) electrons. The largest absolute Gasteiger partial charge is 0.303 e. The first-order valence-electron chi connectivity index (χ1n) is 7.03. The average molecular weight is 312 g/mol. The fraction of sp³-hybridized carbons (Fsp3) is 0.533. The van der Waals surface area contributed by atoms with E-state index in [-0.39, 0.29) is 0 Å². The normalized spacial score (nSPS) is 13.1. The minimum Gasteiger partial charge on any atom is -0.303 e. The third-order valence-electron chi connectivity index (χ3n) is 3.46. The third-order valence-corrected chi connectivity index (χ3v) is 4.91. The summed E-state index contributed by atoms with van der Waals surface area (Å²) in [5, 5.41) is 11.0. The van der Waals surface area contributed by atoms with Crippen molar-refractivity contribution < 1.29 is 0 Å². The molecule has 1 atom stereocenters. The lowest BCUT2D eigenvalue weighted by molar-refractivity contribution is 0.408. The maximum Gasteiger partial charge on any atom is 0.0860 e. The van der Waals surface area contributed by atoms with Crippen LogP contribution in [0.4, 0.5) is 0 Å². The van der Waals surface area contributed by atoms with Crippen LogP contribution in [0, 0.1) is 12.8 Å². The lowest BCUT2D eigenvalue weighted by Gasteiger charge is -2.21. The quantitative estimate of drug-likeness (QED) is 0.856. The van der Waals surface area contributed by atoms with E-state index in [9.17, 15) is 0 Å². The first-order chi connectivity index (χ1) is 9.54. The number of aryl methyl sites for hydroxylation is 2. The van der Waals surface area contributed by atoms with E-state index in [1.807, 2.05) is 11.6 Å². The number of aromatic nitrogens is 2. The van der Waals surface area contributed by atoms with Gasteiger partial charge < -0.3 is 5.32 Å². The highest BCUT2D eigenvalue weighted by atomic mass is 35.5. The lowest BCUT2D eigenvalue weighted by atomic mass is 10.0. The van der Waals surface area contributed by atoms with E-state index in [1.165, 1.54) is 4.88 Å². The van der Waals surface area contributed by atoms with Gasteiger partial charge in [-0.15, -0.1) is 11.3 Å². The van der Waals surface area contributed by atoms with Crippen LogP contribution in [0.25, 0.3) is 0 Å². The smallest absolute Gasteiger partial charge is 0.0860 e. The molecule has 20 heavy (non-hydrogen) atoms. The predicted molar refractivity (Wildman–Crippen MR) is 86.4 cm³/mol. The molecule has 1 N–H and O–H groups in total. The lowest BCUT2D eigenvalue weighted by Crippen LogP contribution is -2.26. The SMILES string of the molecule is CCn1nc(C)c(Cl)c1CNC(c1cccs1)C(C)C. The maximum atomic E-state index is 6.36. The van der Waals surface area contributed by atoms with E-state index in [0.29, 0.717) is 12.0 Å². The van der Waals surface area contributed by atoms with Crippen molar-refractivity contribution >= 4 is 22.9 Å². The molecule has 0 spiro atoms. The van der Waals surface area contributed by atoms with Gasteiger partial charge in [0.1, 0.15) is 0 Å². The van der Waals surface area contributed by atoms with Gasteiger partial charge in [-0.05, 0) is 31.2 Å². The molecule has 0 aliphatic carbocycles. The van der Waals surface area contributed by atoms with Gasteiger partial charge in [-0.1, -0.05) is 31.5 Å². The van der Waals surface area contributed by atoms with Crippen LogP contribution < -0.4 is 5.32 Å². The van der Waals surface area contributed by atoms with Gasteiger partial charge >= 0.3 is 0 Å². The predicted octanol–water partition coefficient (Wildman–Crippen LogP) is 4.41. The van der Waals surface area contributed by atoms with Crippen molar-refractivity contribution in [2.45, 2.75) is 46.8 Å². The Labute approximate surface area is 130 Å². The Morgan fingerprint density at radius 2 is 2.20 bits per heavy atom. The Balaban J connectivity index is 2.14. The summed E-state index contributed by atoms with van der Waals surface area (Å²) in [6, 6.07) is 4.64. The molecule has 3 nitrogen and oxygen atoms in total. The Morgan fingerprint density at radius 3 is 2.75 bits per heavy atom. The fourth-order valence-corrected chi connectivity index (χ4v) is 3.55. The molecule has 2 aromatic rings. The molecule has 0 saturated heterocycles. The minimum absolute atomic E-state index is 0.353. The highest BCUT2D eigenvalue weighted by molar-refractivity contribution is 7.10. The molecule has 2 heterocycles. The number of nitrogens with zero attached hydrogens (tertiary/aromatic N) is 2. The number of rotatable bonds is 6. The van der Waals surface area contributed by atoms with Crippen molar-refractivity contribution in [3.63, 3.8) is 0 Å². The van der Waals surface area contributed by atoms with Gasteiger partial charge in [0.25, 0.3) is 0 Å². The second-order valence-electron chi connectivity index (χ2n) is 5.28. The number of nitrogens with one attached hydrogen (secondary N) is 1. The van der Waals surface area contributed by atoms with Crippen LogP contribution >= 0.6 is 22.9 Å². The van der Waals surface area contributed by atoms with Crippen molar-refractivity contribution in [2.75, 3.05) is 0 Å². The monoisotopic (exact) mass is 311 g/mol. The molecule has 0 aliphatic rings. The van der Waals surface area contributed by atoms with Crippen molar-refractivity contribution in [2.24, 2.45) is 5.92 Å². The average Bonchev–Trinajstić information content (AvgIpc) is 3.01. The summed E-state index contributed by atoms with van der Waals surface area (Å²) >= 11 is 8.16. The zero-order chi connectivity index (χ0) is 14.7. The van der Waals surface area contributed by atoms with Crippen LogP contribution in [0.15, 0.2) is 17.5 Å². The molecule has 0 fully saturated rings. The molecule has 110 valence electrons. The number of hydrogen-bond donors (Lipinski definition) is 1. The highest BCUT2D eigenvalue weighted by Gasteiger charge is 2.19. The summed E-state index contributed by atoms with van der Waals surface area (Å²) in [6.45, 7) is 10.1. The first-order valence-corrected chi connectivity index (χ1v) is 8.28. The number of halogens is 1. The van der Waals surface area contributed by atoms with Crippen molar-refractivity contribution in [3.05, 3.63) is 38.8 Å². The van der Waals surface area contributed by atoms with Crippen molar-refractivity contribution in [3.8, 4) is 0 Å². The van der Waals surface area contributed by atoms with Crippen molar-refractivity contribution in [1.29, 1.82) is 0 Å². The topological polar surface area (TPSA) is 29.9 Å². The van der Waals surface area contributed by atoms with E-state index in [0.717, 1.165) is 29.5 Å². The molecule has 5 heteroatoms. The van der Waals surface area contributed by atoms with E-state index >= 15 is 0 Å². The summed E-state index contributed by atoms with van der Waals surface area (Å²) in [7, 11) is 0. The van der Waals surface area contributed by atoms with Crippen molar-refractivity contribution in [1.82, 2.24) is 15.1 Å². The maximum absolute atomic E-state index is 6.36. The Kier molecular flexibility index (Phi) is 5.24. The molecule has 0 saturated carbocycles. The summed E-state index contributed by atoms with van der Waals surface area (Å²) in [6.07, 6.45) is 0. The van der Waals surface area contributed by atoms with E-state index in [1.54, 1.807) is 11.3 Å². The molecule has 0 aliphatic heterocycles. The van der Waals surface area contributed by atoms with Gasteiger partial charge in [0, 0.05) is 24.0 Å². The molecular weight excluding hydrogens is 290 g/mol. The van der Waals surface area contributed by atoms with E-state index in [4.69, 9.17) is 11.6 Å². The summed E-state index contributed by atoms with van der Waals surface area (Å²) < 4.78 is 1.98. The molecule has 0 amide bonds. The summed E-state index contributed by atoms with van der Waals surface area (Å²) in [5.74, 6) is 0.534. The van der Waals surface area contributed by atoms with E-state index < -0.39 is 0 Å². The molecule has 2 aromatic heterocycles. The fourth-order valence-electron chi connectivity index (χ4n) is 2.38. The molecular formula is C15H22ClN3S. The van der Waals surface area contributed by atoms with Crippen LogP contribution in [0.2, 0.25) is 5.02 Å². The second kappa shape index (κ2) is 6.74. The van der Waals surface area contributed by atoms with Gasteiger partial charge in [0.2, 0.25) is 0 Å². The zero-order valence-electron chi connectivity index (χ0n) is 12.5. The Hall–Kier alpha value is -0.840. The molecule has 0 bridgehead atoms. The first kappa shape index (κ1) is 15.5. The Morgan fingerprint density at radius 1 is 1.45 bits per heavy atom. The minimum atomic E-state index is 0.353. The van der Waals surface area contributed by atoms with E-state index in [2.05, 4.69) is 48.7 Å². The number of thiophene rings is 1. The molecule has 1 unspecified atom stereocenters. The van der Waals surface area contributed by atoms with Crippen LogP contribution in [0.5, 0.6) is 0 Å². The summed E-state index contributed by atoms with van der Waals surface area (Å²) in [5.41, 5.74) is 1.98. The van der Waals surface area contributed by atoms with Gasteiger partial charge in [0.15, 0.2) is 0 Å². The summed E-state index contributed by atoms with van der Waals surface area (Å²) in [4.78, 5) is 1.37. The number of hydrogen-bond acceptors (Lipinski definition) is 3. The van der Waals surface area contributed by atoms with Gasteiger partial charge in [-0.25, -0.2) is 0 Å². The standard InChI is InChI=1S/C15H22ClN3S/c1-5-19-12(14(16)11(4)18-19)9-17-15(10(2)3)13-7-6-8-20-13/h6-8,10,15,17H,5,9H2,1-4H3. The Bertz CT molecular complexity index is 546. The van der Waals surface area contributed by atoms with Crippen LogP contribution in [0.1, 0.15) is 43.1 Å². The second-order valence-corrected chi connectivity index (χ2v) is 6.64. The van der Waals surface area contributed by atoms with Crippen LogP contribution in [-0.2, 0) is 13.1 Å². The van der Waals surface area contributed by atoms with Crippen LogP contribution in [0.3, 0.4) is 0 Å². The highest BCUT2D eigenvalue weighted by Crippen LogP contribution is 2.27. The molecule has 2 rings (SSSR count). The van der Waals surface area contributed by atoms with Crippen LogP contribution in [-0.4, -0.2) is 9.78 Å². The van der Waals surface area contributed by atoms with Gasteiger partial charge in [0.05, 0.1) is 16.4 Å². The van der Waals surface area contributed by atoms with Gasteiger partial charge in [-0.3, -0.25) is 4.68 Å². The molecule has 0 aromatic carbocycles. The third kappa shape index (κ3) is 3.25. The zero-order valence-corrected chi connectivity index (χ0v) is 14.1. The van der Waals surface area contributed by atoms with Gasteiger partial charge in [-0.2, -0.15) is 5.10 Å².